The number of benzene rings is 2. The van der Waals surface area contributed by atoms with Gasteiger partial charge in [0.2, 0.25) is 5.91 Å². The number of carbonyl (C=O) groups is 2. The zero-order valence-corrected chi connectivity index (χ0v) is 14.3. The van der Waals surface area contributed by atoms with Crippen LogP contribution < -0.4 is 4.90 Å². The van der Waals surface area contributed by atoms with Crippen molar-refractivity contribution in [1.82, 2.24) is 0 Å². The molecule has 0 aromatic heterocycles. The molecule has 0 saturated carbocycles. The van der Waals surface area contributed by atoms with Gasteiger partial charge in [0.1, 0.15) is 6.10 Å². The van der Waals surface area contributed by atoms with Gasteiger partial charge in [-0.2, -0.15) is 0 Å². The van der Waals surface area contributed by atoms with Crippen LogP contribution in [0.1, 0.15) is 25.0 Å². The lowest BCUT2D eigenvalue weighted by molar-refractivity contribution is -0.148. The number of fused-ring (bicyclic) bond motifs is 1. The quantitative estimate of drug-likeness (QED) is 0.776. The number of rotatable bonds is 5. The second kappa shape index (κ2) is 7.53. The van der Waals surface area contributed by atoms with Gasteiger partial charge in [0, 0.05) is 11.4 Å². The number of para-hydroxylation sites is 1. The second-order valence-electron chi connectivity index (χ2n) is 5.59. The van der Waals surface area contributed by atoms with E-state index in [1.807, 2.05) is 61.5 Å². The van der Waals surface area contributed by atoms with Crippen LogP contribution in [0.25, 0.3) is 0 Å². The highest BCUT2D eigenvalue weighted by Crippen LogP contribution is 2.34. The average molecular weight is 341 g/mol. The predicted octanol–water partition coefficient (Wildman–Crippen LogP) is 3.82. The van der Waals surface area contributed by atoms with Gasteiger partial charge in [-0.1, -0.05) is 42.5 Å². The number of hydrogen-bond acceptors (Lipinski definition) is 4. The molecule has 0 aliphatic carbocycles. The summed E-state index contributed by atoms with van der Waals surface area (Å²) in [7, 11) is 0. The van der Waals surface area contributed by atoms with Gasteiger partial charge in [0.05, 0.1) is 17.9 Å². The summed E-state index contributed by atoms with van der Waals surface area (Å²) in [5.74, 6) is 0.143. The van der Waals surface area contributed by atoms with Crippen LogP contribution in [0.15, 0.2) is 59.5 Å². The minimum Gasteiger partial charge on any atom is -0.458 e. The first-order valence-corrected chi connectivity index (χ1v) is 8.90. The van der Waals surface area contributed by atoms with Gasteiger partial charge in [-0.25, -0.2) is 0 Å². The fourth-order valence-corrected chi connectivity index (χ4v) is 3.59. The Hall–Kier alpha value is -2.27. The lowest BCUT2D eigenvalue weighted by atomic mass is 10.1. The lowest BCUT2D eigenvalue weighted by Gasteiger charge is -2.28. The molecule has 0 spiro atoms. The monoisotopic (exact) mass is 341 g/mol. The smallest absolute Gasteiger partial charge is 0.308 e. The largest absolute Gasteiger partial charge is 0.458 e. The molecule has 0 radical (unpaired) electrons. The van der Waals surface area contributed by atoms with E-state index in [-0.39, 0.29) is 24.4 Å². The van der Waals surface area contributed by atoms with E-state index < -0.39 is 0 Å². The summed E-state index contributed by atoms with van der Waals surface area (Å²) in [6.45, 7) is 2.20. The van der Waals surface area contributed by atoms with Gasteiger partial charge < -0.3 is 9.64 Å². The molecule has 124 valence electrons. The summed E-state index contributed by atoms with van der Waals surface area (Å²) in [5.41, 5.74) is 1.84. The van der Waals surface area contributed by atoms with Crippen LogP contribution in [-0.4, -0.2) is 24.2 Å². The second-order valence-corrected chi connectivity index (χ2v) is 6.61. The molecule has 2 aromatic carbocycles. The van der Waals surface area contributed by atoms with Crippen molar-refractivity contribution in [2.24, 2.45) is 0 Å². The highest BCUT2D eigenvalue weighted by atomic mass is 32.2. The van der Waals surface area contributed by atoms with Crippen molar-refractivity contribution in [2.45, 2.75) is 24.3 Å². The number of ether oxygens (including phenoxy) is 1. The van der Waals surface area contributed by atoms with Crippen molar-refractivity contribution in [1.29, 1.82) is 0 Å². The molecule has 1 atom stereocenters. The van der Waals surface area contributed by atoms with Gasteiger partial charge in [0.25, 0.3) is 0 Å². The number of hydrogen-bond donors (Lipinski definition) is 0. The summed E-state index contributed by atoms with van der Waals surface area (Å²) in [5, 5.41) is 0. The van der Waals surface area contributed by atoms with E-state index in [0.29, 0.717) is 12.3 Å². The summed E-state index contributed by atoms with van der Waals surface area (Å²) >= 11 is 1.54. The fraction of sp³-hybridized carbons (Fsp3) is 0.263. The van der Waals surface area contributed by atoms with Crippen molar-refractivity contribution in [2.75, 3.05) is 17.2 Å². The van der Waals surface area contributed by atoms with Gasteiger partial charge >= 0.3 is 5.97 Å². The molecule has 24 heavy (non-hydrogen) atoms. The normalized spacial score (nSPS) is 14.9. The Kier molecular flexibility index (Phi) is 5.20. The minimum absolute atomic E-state index is 0.0302. The molecule has 0 fully saturated rings. The Bertz CT molecular complexity index is 732. The lowest BCUT2D eigenvalue weighted by Crippen LogP contribution is -2.37. The van der Waals surface area contributed by atoms with E-state index in [1.165, 1.54) is 11.8 Å². The standard InChI is InChI=1S/C19H19NO3S/c1-14(15-7-3-2-4-8-15)23-19(22)11-12-20-16-9-5-6-10-17(16)24-13-18(20)21/h2-10,14H,11-13H2,1H3/t14-/m1/s1. The van der Waals surface area contributed by atoms with Crippen LogP contribution in [0.5, 0.6) is 0 Å². The molecule has 4 nitrogen and oxygen atoms in total. The molecule has 5 heteroatoms. The van der Waals surface area contributed by atoms with Gasteiger partial charge in [-0.15, -0.1) is 11.8 Å². The fourth-order valence-electron chi connectivity index (χ4n) is 2.65. The van der Waals surface area contributed by atoms with E-state index in [9.17, 15) is 9.59 Å². The third-order valence-corrected chi connectivity index (χ3v) is 4.97. The molecule has 0 saturated heterocycles. The minimum atomic E-state index is -0.296. The first kappa shape index (κ1) is 16.6. The predicted molar refractivity (Wildman–Crippen MR) is 95.1 cm³/mol. The molecule has 1 heterocycles. The number of anilines is 1. The number of thioether (sulfide) groups is 1. The number of carbonyl (C=O) groups excluding carboxylic acids is 2. The first-order valence-electron chi connectivity index (χ1n) is 7.92. The Morgan fingerprint density at radius 2 is 1.88 bits per heavy atom. The van der Waals surface area contributed by atoms with E-state index in [0.717, 1.165) is 16.1 Å². The van der Waals surface area contributed by atoms with Crippen LogP contribution >= 0.6 is 11.8 Å². The van der Waals surface area contributed by atoms with Crippen molar-refractivity contribution < 1.29 is 14.3 Å². The molecule has 1 aliphatic rings. The Balaban J connectivity index is 1.59. The van der Waals surface area contributed by atoms with Crippen molar-refractivity contribution in [3.05, 3.63) is 60.2 Å². The third-order valence-electron chi connectivity index (χ3n) is 3.92. The van der Waals surface area contributed by atoms with Crippen LogP contribution in [0.2, 0.25) is 0 Å². The van der Waals surface area contributed by atoms with Crippen molar-refractivity contribution >= 4 is 29.3 Å². The average Bonchev–Trinajstić information content (AvgIpc) is 2.61. The molecule has 1 aliphatic heterocycles. The zero-order valence-electron chi connectivity index (χ0n) is 13.5. The number of nitrogens with zero attached hydrogens (tertiary/aromatic N) is 1. The van der Waals surface area contributed by atoms with Crippen LogP contribution in [-0.2, 0) is 14.3 Å². The van der Waals surface area contributed by atoms with Crippen LogP contribution in [0.4, 0.5) is 5.69 Å². The van der Waals surface area contributed by atoms with E-state index in [4.69, 9.17) is 4.74 Å². The first-order chi connectivity index (χ1) is 11.6. The molecular weight excluding hydrogens is 322 g/mol. The van der Waals surface area contributed by atoms with Crippen molar-refractivity contribution in [3.8, 4) is 0 Å². The van der Waals surface area contributed by atoms with Crippen LogP contribution in [0.3, 0.4) is 0 Å². The Morgan fingerprint density at radius 3 is 2.67 bits per heavy atom. The molecule has 2 aromatic rings. The maximum atomic E-state index is 12.2. The molecule has 0 N–H and O–H groups in total. The molecule has 3 rings (SSSR count). The molecule has 0 unspecified atom stereocenters. The van der Waals surface area contributed by atoms with E-state index in [2.05, 4.69) is 0 Å². The van der Waals surface area contributed by atoms with Crippen LogP contribution in [0, 0.1) is 0 Å². The topological polar surface area (TPSA) is 46.6 Å². The maximum absolute atomic E-state index is 12.2. The number of amides is 1. The van der Waals surface area contributed by atoms with Gasteiger partial charge in [-0.3, -0.25) is 9.59 Å². The summed E-state index contributed by atoms with van der Waals surface area (Å²) < 4.78 is 5.47. The molecule has 0 bridgehead atoms. The summed E-state index contributed by atoms with van der Waals surface area (Å²) in [6.07, 6.45) is -0.111. The summed E-state index contributed by atoms with van der Waals surface area (Å²) in [4.78, 5) is 27.0. The SMILES string of the molecule is C[C@@H](OC(=O)CCN1C(=O)CSc2ccccc21)c1ccccc1. The third kappa shape index (κ3) is 3.79. The van der Waals surface area contributed by atoms with Gasteiger partial charge in [-0.05, 0) is 24.6 Å². The van der Waals surface area contributed by atoms with E-state index in [1.54, 1.807) is 4.90 Å². The highest BCUT2D eigenvalue weighted by molar-refractivity contribution is 8.00. The van der Waals surface area contributed by atoms with Crippen molar-refractivity contribution in [3.63, 3.8) is 0 Å². The summed E-state index contributed by atoms with van der Waals surface area (Å²) in [6, 6.07) is 17.4. The Labute approximate surface area is 145 Å². The zero-order chi connectivity index (χ0) is 16.9. The molecular formula is C19H19NO3S. The van der Waals surface area contributed by atoms with Gasteiger partial charge in [0.15, 0.2) is 0 Å². The molecule has 1 amide bonds. The maximum Gasteiger partial charge on any atom is 0.308 e. The highest BCUT2D eigenvalue weighted by Gasteiger charge is 2.25. The Morgan fingerprint density at radius 1 is 1.17 bits per heavy atom. The van der Waals surface area contributed by atoms with E-state index >= 15 is 0 Å². The number of esters is 1.